The molecule has 4 aromatic rings. The predicted octanol–water partition coefficient (Wildman–Crippen LogP) is 5.98. The smallest absolute Gasteiger partial charge is 0.270 e. The third-order valence-corrected chi connectivity index (χ3v) is 5.78. The molecule has 0 bridgehead atoms. The number of halogens is 2. The highest BCUT2D eigenvalue weighted by atomic mass is 35.5. The average molecular weight is 535 g/mol. The van der Waals surface area contributed by atoms with Crippen molar-refractivity contribution in [3.8, 4) is 5.75 Å². The summed E-state index contributed by atoms with van der Waals surface area (Å²) in [4.78, 5) is 14.3. The van der Waals surface area contributed by atoms with Gasteiger partial charge in [-0.25, -0.2) is 9.37 Å². The maximum absolute atomic E-state index is 14.2. The van der Waals surface area contributed by atoms with E-state index < -0.39 is 5.82 Å². The van der Waals surface area contributed by atoms with Crippen LogP contribution in [0, 0.1) is 5.82 Å². The lowest BCUT2D eigenvalue weighted by molar-refractivity contribution is 0.122. The fourth-order valence-corrected chi connectivity index (χ4v) is 4.04. The zero-order valence-corrected chi connectivity index (χ0v) is 20.9. The Morgan fingerprint density at radius 1 is 0.947 bits per heavy atom. The van der Waals surface area contributed by atoms with Gasteiger partial charge in [-0.05, 0) is 42.5 Å². The van der Waals surface area contributed by atoms with E-state index in [2.05, 4.69) is 35.8 Å². The van der Waals surface area contributed by atoms with Crippen LogP contribution >= 0.6 is 11.6 Å². The Morgan fingerprint density at radius 3 is 2.47 bits per heavy atom. The number of nitrogens with zero attached hydrogens (tertiary/aromatic N) is 6. The van der Waals surface area contributed by atoms with Crippen molar-refractivity contribution in [1.29, 1.82) is 0 Å². The number of ether oxygens (including phenoxy) is 1. The van der Waals surface area contributed by atoms with Gasteiger partial charge in [0.1, 0.15) is 12.3 Å². The molecule has 0 spiro atoms. The molecule has 1 aliphatic rings. The highest BCUT2D eigenvalue weighted by molar-refractivity contribution is 6.31. The summed E-state index contributed by atoms with van der Waals surface area (Å²) in [7, 11) is 0. The number of nitrogens with one attached hydrogen (secondary N) is 2. The molecule has 12 heteroatoms. The van der Waals surface area contributed by atoms with E-state index in [1.807, 2.05) is 24.3 Å². The standard InChI is InChI=1S/C26H24ClFN8O2/c27-17-10-21(32-18-2-1-3-23(37)13-18)12-22(11-17)33-20-5-4-19(29-14-20)15-31-35-26-30-16-24(28)25(34-26)36-6-8-38-9-7-36/h1-5,10-14,16,32-33,37H,6-9,15H2. The summed E-state index contributed by atoms with van der Waals surface area (Å²) in [5, 5.41) is 24.9. The van der Waals surface area contributed by atoms with E-state index in [1.165, 1.54) is 0 Å². The van der Waals surface area contributed by atoms with Gasteiger partial charge in [0.15, 0.2) is 11.6 Å². The van der Waals surface area contributed by atoms with E-state index in [9.17, 15) is 9.50 Å². The summed E-state index contributed by atoms with van der Waals surface area (Å²) in [5.41, 5.74) is 3.71. The van der Waals surface area contributed by atoms with Crippen molar-refractivity contribution in [2.24, 2.45) is 10.2 Å². The Hall–Kier alpha value is -4.35. The van der Waals surface area contributed by atoms with E-state index in [-0.39, 0.29) is 24.1 Å². The predicted molar refractivity (Wildman–Crippen MR) is 144 cm³/mol. The molecular weight excluding hydrogens is 511 g/mol. The lowest BCUT2D eigenvalue weighted by atomic mass is 10.2. The monoisotopic (exact) mass is 534 g/mol. The first-order chi connectivity index (χ1) is 18.5. The summed E-state index contributed by atoms with van der Waals surface area (Å²) in [6.07, 6.45) is 2.78. The van der Waals surface area contributed by atoms with Crippen LogP contribution in [0.2, 0.25) is 5.02 Å². The van der Waals surface area contributed by atoms with E-state index in [0.717, 1.165) is 28.9 Å². The van der Waals surface area contributed by atoms with Gasteiger partial charge in [0.2, 0.25) is 0 Å². The van der Waals surface area contributed by atoms with Crippen molar-refractivity contribution in [3.63, 3.8) is 0 Å². The Balaban J connectivity index is 1.20. The number of anilines is 5. The van der Waals surface area contributed by atoms with Gasteiger partial charge in [-0.2, -0.15) is 10.1 Å². The second-order valence-electron chi connectivity index (χ2n) is 8.41. The fraction of sp³-hybridized carbons (Fsp3) is 0.192. The van der Waals surface area contributed by atoms with Gasteiger partial charge >= 0.3 is 0 Å². The number of pyridine rings is 1. The van der Waals surface area contributed by atoms with Crippen molar-refractivity contribution >= 4 is 46.1 Å². The first-order valence-corrected chi connectivity index (χ1v) is 12.2. The fourth-order valence-electron chi connectivity index (χ4n) is 3.81. The van der Waals surface area contributed by atoms with Crippen molar-refractivity contribution < 1.29 is 14.2 Å². The van der Waals surface area contributed by atoms with E-state index in [4.69, 9.17) is 16.3 Å². The minimum Gasteiger partial charge on any atom is -0.508 e. The molecule has 0 aliphatic carbocycles. The Labute approximate surface area is 223 Å². The number of benzene rings is 2. The Morgan fingerprint density at radius 2 is 1.74 bits per heavy atom. The molecule has 0 radical (unpaired) electrons. The molecular formula is C26H24ClFN8O2. The molecule has 0 saturated carbocycles. The van der Waals surface area contributed by atoms with Gasteiger partial charge in [0.05, 0.1) is 37.0 Å². The van der Waals surface area contributed by atoms with Gasteiger partial charge in [-0.1, -0.05) is 17.7 Å². The summed E-state index contributed by atoms with van der Waals surface area (Å²) in [6.45, 7) is 2.36. The molecule has 0 unspecified atom stereocenters. The molecule has 10 nitrogen and oxygen atoms in total. The zero-order chi connectivity index (χ0) is 26.3. The number of phenols is 1. The minimum absolute atomic E-state index is 0.0854. The van der Waals surface area contributed by atoms with Crippen LogP contribution < -0.4 is 15.5 Å². The van der Waals surface area contributed by atoms with E-state index >= 15 is 0 Å². The number of morpholine rings is 1. The van der Waals surface area contributed by atoms with Crippen LogP contribution in [0.5, 0.6) is 5.75 Å². The third-order valence-electron chi connectivity index (χ3n) is 5.56. The SMILES string of the molecule is Oc1cccc(Nc2cc(Cl)cc(Nc3ccc(CN=Nc4ncc(F)c(N5CCOCC5)n4)nc3)c2)c1. The van der Waals surface area contributed by atoms with Gasteiger partial charge in [0.25, 0.3) is 5.95 Å². The number of phenolic OH excluding ortho intramolecular Hbond substituents is 1. The molecule has 194 valence electrons. The highest BCUT2D eigenvalue weighted by Crippen LogP contribution is 2.28. The normalized spacial score (nSPS) is 13.6. The largest absolute Gasteiger partial charge is 0.508 e. The number of azo groups is 1. The van der Waals surface area contributed by atoms with Crippen molar-refractivity contribution in [2.75, 3.05) is 41.8 Å². The lowest BCUT2D eigenvalue weighted by Gasteiger charge is -2.27. The summed E-state index contributed by atoms with van der Waals surface area (Å²) >= 11 is 6.30. The highest BCUT2D eigenvalue weighted by Gasteiger charge is 2.17. The number of aromatic nitrogens is 3. The van der Waals surface area contributed by atoms with Crippen LogP contribution in [0.25, 0.3) is 0 Å². The van der Waals surface area contributed by atoms with Gasteiger partial charge in [0, 0.05) is 41.2 Å². The van der Waals surface area contributed by atoms with E-state index in [1.54, 1.807) is 41.4 Å². The number of rotatable bonds is 8. The molecule has 1 aliphatic heterocycles. The first kappa shape index (κ1) is 25.3. The van der Waals surface area contributed by atoms with Gasteiger partial charge in [-0.3, -0.25) is 4.98 Å². The van der Waals surface area contributed by atoms with Crippen molar-refractivity contribution in [1.82, 2.24) is 15.0 Å². The molecule has 3 heterocycles. The molecule has 0 atom stereocenters. The lowest BCUT2D eigenvalue weighted by Crippen LogP contribution is -2.37. The summed E-state index contributed by atoms with van der Waals surface area (Å²) < 4.78 is 19.5. The van der Waals surface area contributed by atoms with Crippen LogP contribution in [0.15, 0.2) is 77.2 Å². The second kappa shape index (κ2) is 11.8. The topological polar surface area (TPSA) is 120 Å². The van der Waals surface area contributed by atoms with Gasteiger partial charge < -0.3 is 25.4 Å². The molecule has 0 amide bonds. The van der Waals surface area contributed by atoms with Crippen LogP contribution in [0.3, 0.4) is 0 Å². The van der Waals surface area contributed by atoms with Crippen molar-refractivity contribution in [2.45, 2.75) is 6.54 Å². The Bertz CT molecular complexity index is 1430. The molecule has 5 rings (SSSR count). The van der Waals surface area contributed by atoms with Crippen LogP contribution in [0.4, 0.5) is 38.9 Å². The molecule has 38 heavy (non-hydrogen) atoms. The van der Waals surface area contributed by atoms with Crippen LogP contribution in [-0.2, 0) is 11.3 Å². The molecule has 2 aromatic heterocycles. The number of hydrogen-bond acceptors (Lipinski definition) is 10. The first-order valence-electron chi connectivity index (χ1n) is 11.8. The number of hydrogen-bond donors (Lipinski definition) is 3. The summed E-state index contributed by atoms with van der Waals surface area (Å²) in [6, 6.07) is 16.0. The number of aromatic hydroxyl groups is 1. The second-order valence-corrected chi connectivity index (χ2v) is 8.84. The van der Waals surface area contributed by atoms with Gasteiger partial charge in [-0.15, -0.1) is 5.11 Å². The quantitative estimate of drug-likeness (QED) is 0.236. The maximum Gasteiger partial charge on any atom is 0.270 e. The Kier molecular flexibility index (Phi) is 7.86. The molecule has 3 N–H and O–H groups in total. The molecule has 2 aromatic carbocycles. The third kappa shape index (κ3) is 6.69. The van der Waals surface area contributed by atoms with E-state index in [0.29, 0.717) is 37.0 Å². The minimum atomic E-state index is -0.502. The van der Waals surface area contributed by atoms with Crippen LogP contribution in [0.1, 0.15) is 5.69 Å². The molecule has 1 fully saturated rings. The maximum atomic E-state index is 14.2. The molecule has 1 saturated heterocycles. The summed E-state index contributed by atoms with van der Waals surface area (Å²) in [5.74, 6) is -0.0454. The average Bonchev–Trinajstić information content (AvgIpc) is 2.91. The van der Waals surface area contributed by atoms with Crippen LogP contribution in [-0.4, -0.2) is 46.4 Å². The zero-order valence-electron chi connectivity index (χ0n) is 20.2. The van der Waals surface area contributed by atoms with Crippen molar-refractivity contribution in [3.05, 3.63) is 83.5 Å².